The van der Waals surface area contributed by atoms with Crippen LogP contribution >= 0.6 is 11.6 Å². The molecule has 1 aromatic carbocycles. The minimum Gasteiger partial charge on any atom is -0.297 e. The van der Waals surface area contributed by atoms with Crippen molar-refractivity contribution in [2.45, 2.75) is 6.42 Å². The Kier molecular flexibility index (Phi) is 3.05. The van der Waals surface area contributed by atoms with E-state index in [2.05, 4.69) is 4.98 Å². The fraction of sp³-hybridized carbons (Fsp3) is 0.0667. The quantitative estimate of drug-likeness (QED) is 0.684. The molecule has 0 saturated carbocycles. The van der Waals surface area contributed by atoms with Crippen LogP contribution in [-0.2, 0) is 6.42 Å². The predicted molar refractivity (Wildman–Crippen MR) is 74.8 cm³/mol. The van der Waals surface area contributed by atoms with Crippen LogP contribution in [0.4, 0.5) is 0 Å². The molecular formula is C15H11ClN2O. The van der Waals surface area contributed by atoms with Crippen LogP contribution in [0, 0.1) is 0 Å². The minimum absolute atomic E-state index is 0.593. The Hall–Kier alpha value is -2.13. The first kappa shape index (κ1) is 11.9. The van der Waals surface area contributed by atoms with Crippen LogP contribution in [0.15, 0.2) is 48.7 Å². The number of imidazole rings is 1. The van der Waals surface area contributed by atoms with Crippen molar-refractivity contribution in [1.29, 1.82) is 0 Å². The third-order valence-corrected chi connectivity index (χ3v) is 3.39. The molecule has 0 unspecified atom stereocenters. The average Bonchev–Trinajstić information content (AvgIpc) is 2.83. The molecule has 2 heterocycles. The topological polar surface area (TPSA) is 34.4 Å². The summed E-state index contributed by atoms with van der Waals surface area (Å²) in [5.41, 5.74) is 3.28. The summed E-state index contributed by atoms with van der Waals surface area (Å²) >= 11 is 6.14. The molecule has 94 valence electrons. The second-order valence-corrected chi connectivity index (χ2v) is 4.70. The van der Waals surface area contributed by atoms with Crippen molar-refractivity contribution >= 4 is 23.5 Å². The number of aromatic nitrogens is 2. The second kappa shape index (κ2) is 4.86. The Morgan fingerprint density at radius 3 is 2.79 bits per heavy atom. The van der Waals surface area contributed by atoms with Gasteiger partial charge in [-0.25, -0.2) is 4.98 Å². The molecule has 0 atom stereocenters. The van der Waals surface area contributed by atoms with E-state index in [0.29, 0.717) is 12.1 Å². The van der Waals surface area contributed by atoms with E-state index in [1.807, 2.05) is 42.6 Å². The van der Waals surface area contributed by atoms with E-state index in [-0.39, 0.29) is 0 Å². The molecule has 0 aliphatic carbocycles. The lowest BCUT2D eigenvalue weighted by molar-refractivity contribution is 0.111. The molecule has 3 rings (SSSR count). The number of halogens is 1. The summed E-state index contributed by atoms with van der Waals surface area (Å²) in [6, 6.07) is 13.2. The zero-order chi connectivity index (χ0) is 13.2. The van der Waals surface area contributed by atoms with E-state index in [1.165, 1.54) is 0 Å². The van der Waals surface area contributed by atoms with Crippen LogP contribution < -0.4 is 0 Å². The van der Waals surface area contributed by atoms with Crippen molar-refractivity contribution in [3.63, 3.8) is 0 Å². The first-order chi connectivity index (χ1) is 9.28. The van der Waals surface area contributed by atoms with E-state index in [1.54, 1.807) is 10.5 Å². The van der Waals surface area contributed by atoms with Gasteiger partial charge in [-0.05, 0) is 23.8 Å². The van der Waals surface area contributed by atoms with Gasteiger partial charge in [-0.1, -0.05) is 35.9 Å². The second-order valence-electron chi connectivity index (χ2n) is 4.30. The summed E-state index contributed by atoms with van der Waals surface area (Å²) in [7, 11) is 0. The molecule has 0 fully saturated rings. The van der Waals surface area contributed by atoms with Gasteiger partial charge in [-0.3, -0.25) is 9.20 Å². The van der Waals surface area contributed by atoms with Crippen molar-refractivity contribution in [3.8, 4) is 0 Å². The van der Waals surface area contributed by atoms with Gasteiger partial charge in [0.25, 0.3) is 0 Å². The molecule has 0 aliphatic heterocycles. The van der Waals surface area contributed by atoms with Gasteiger partial charge >= 0.3 is 0 Å². The molecule has 3 aromatic rings. The van der Waals surface area contributed by atoms with Crippen molar-refractivity contribution in [1.82, 2.24) is 9.38 Å². The van der Waals surface area contributed by atoms with Gasteiger partial charge in [0.15, 0.2) is 6.29 Å². The lowest BCUT2D eigenvalue weighted by Crippen LogP contribution is -1.92. The number of benzene rings is 1. The molecule has 0 spiro atoms. The number of carbonyl (C=O) groups excluding carboxylic acids is 1. The molecule has 3 nitrogen and oxygen atoms in total. The molecule has 0 N–H and O–H groups in total. The van der Waals surface area contributed by atoms with E-state index >= 15 is 0 Å². The first-order valence-corrected chi connectivity index (χ1v) is 6.31. The van der Waals surface area contributed by atoms with Gasteiger partial charge in [-0.15, -0.1) is 0 Å². The Morgan fingerprint density at radius 2 is 2.00 bits per heavy atom. The summed E-state index contributed by atoms with van der Waals surface area (Å²) in [6.45, 7) is 0. The summed E-state index contributed by atoms with van der Waals surface area (Å²) in [5, 5.41) is 0.732. The van der Waals surface area contributed by atoms with E-state index in [9.17, 15) is 4.79 Å². The molecule has 4 heteroatoms. The normalized spacial score (nSPS) is 10.8. The van der Waals surface area contributed by atoms with Gasteiger partial charge < -0.3 is 0 Å². The minimum atomic E-state index is 0.593. The van der Waals surface area contributed by atoms with Gasteiger partial charge in [-0.2, -0.15) is 0 Å². The maximum absolute atomic E-state index is 11.0. The highest BCUT2D eigenvalue weighted by atomic mass is 35.5. The zero-order valence-electron chi connectivity index (χ0n) is 10.1. The number of aldehydes is 1. The third kappa shape index (κ3) is 2.25. The summed E-state index contributed by atoms with van der Waals surface area (Å²) in [4.78, 5) is 15.5. The van der Waals surface area contributed by atoms with Crippen molar-refractivity contribution in [2.24, 2.45) is 0 Å². The number of rotatable bonds is 3. The Balaban J connectivity index is 2.03. The largest absolute Gasteiger partial charge is 0.297 e. The molecule has 2 aromatic heterocycles. The Morgan fingerprint density at radius 1 is 1.16 bits per heavy atom. The Labute approximate surface area is 115 Å². The third-order valence-electron chi connectivity index (χ3n) is 3.02. The maximum atomic E-state index is 11.0. The zero-order valence-corrected chi connectivity index (χ0v) is 10.8. The van der Waals surface area contributed by atoms with E-state index in [4.69, 9.17) is 11.6 Å². The van der Waals surface area contributed by atoms with Crippen molar-refractivity contribution < 1.29 is 4.79 Å². The number of carbonyl (C=O) groups is 1. The van der Waals surface area contributed by atoms with Crippen molar-refractivity contribution in [3.05, 3.63) is 70.6 Å². The van der Waals surface area contributed by atoms with Crippen LogP contribution in [0.3, 0.4) is 0 Å². The summed E-state index contributed by atoms with van der Waals surface area (Å²) < 4.78 is 1.79. The summed E-state index contributed by atoms with van der Waals surface area (Å²) in [6.07, 6.45) is 3.36. The Bertz CT molecular complexity index is 749. The van der Waals surface area contributed by atoms with Crippen LogP contribution in [0.5, 0.6) is 0 Å². The molecule has 0 saturated heterocycles. The smallest absolute Gasteiger partial charge is 0.166 e. The van der Waals surface area contributed by atoms with Crippen molar-refractivity contribution in [2.75, 3.05) is 0 Å². The fourth-order valence-corrected chi connectivity index (χ4v) is 2.30. The molecule has 19 heavy (non-hydrogen) atoms. The molecular weight excluding hydrogens is 260 g/mol. The van der Waals surface area contributed by atoms with Crippen LogP contribution in [0.1, 0.15) is 21.7 Å². The van der Waals surface area contributed by atoms with Gasteiger partial charge in [0.2, 0.25) is 0 Å². The number of hydrogen-bond acceptors (Lipinski definition) is 2. The van der Waals surface area contributed by atoms with Crippen LogP contribution in [0.25, 0.3) is 5.65 Å². The average molecular weight is 271 g/mol. The number of fused-ring (bicyclic) bond motifs is 1. The van der Waals surface area contributed by atoms with E-state index in [0.717, 1.165) is 28.2 Å². The SMILES string of the molecule is O=Cc1cccc2nc(Cc3ccccc3Cl)cn12. The summed E-state index contributed by atoms with van der Waals surface area (Å²) in [5.74, 6) is 0. The van der Waals surface area contributed by atoms with Gasteiger partial charge in [0.1, 0.15) is 5.65 Å². The highest BCUT2D eigenvalue weighted by Crippen LogP contribution is 2.19. The number of nitrogens with zero attached hydrogens (tertiary/aromatic N) is 2. The molecule has 0 radical (unpaired) electrons. The van der Waals surface area contributed by atoms with Crippen LogP contribution in [-0.4, -0.2) is 15.7 Å². The predicted octanol–water partition coefficient (Wildman–Crippen LogP) is 3.39. The highest BCUT2D eigenvalue weighted by molar-refractivity contribution is 6.31. The standard InChI is InChI=1S/C15H11ClN2O/c16-14-6-2-1-4-11(14)8-12-9-18-13(10-19)5-3-7-15(18)17-12/h1-7,9-10H,8H2. The van der Waals surface area contributed by atoms with E-state index < -0.39 is 0 Å². The van der Waals surface area contributed by atoms with Gasteiger partial charge in [0.05, 0.1) is 11.4 Å². The molecule has 0 amide bonds. The highest BCUT2D eigenvalue weighted by Gasteiger charge is 2.07. The number of hydrogen-bond donors (Lipinski definition) is 0. The van der Waals surface area contributed by atoms with Gasteiger partial charge in [0, 0.05) is 17.6 Å². The lowest BCUT2D eigenvalue weighted by Gasteiger charge is -2.00. The fourth-order valence-electron chi connectivity index (χ4n) is 2.10. The monoisotopic (exact) mass is 270 g/mol. The first-order valence-electron chi connectivity index (χ1n) is 5.93. The lowest BCUT2D eigenvalue weighted by atomic mass is 10.1. The molecule has 0 aliphatic rings. The van der Waals surface area contributed by atoms with Crippen LogP contribution in [0.2, 0.25) is 5.02 Å². The molecule has 0 bridgehead atoms. The maximum Gasteiger partial charge on any atom is 0.166 e. The number of pyridine rings is 1.